The highest BCUT2D eigenvalue weighted by Crippen LogP contribution is 2.19. The number of hydrogen-bond acceptors (Lipinski definition) is 4. The van der Waals surface area contributed by atoms with Crippen molar-refractivity contribution in [2.45, 2.75) is 6.61 Å². The van der Waals surface area contributed by atoms with E-state index in [1.165, 1.54) is 42.5 Å². The number of nitro benzene ring substituents is 1. The van der Waals surface area contributed by atoms with Crippen LogP contribution in [0.15, 0.2) is 42.5 Å². The van der Waals surface area contributed by atoms with Crippen LogP contribution in [0.5, 0.6) is 5.75 Å². The summed E-state index contributed by atoms with van der Waals surface area (Å²) >= 11 is 0. The Hall–Kier alpha value is -2.94. The Balaban J connectivity index is 2.11. The van der Waals surface area contributed by atoms with Crippen molar-refractivity contribution in [3.05, 3.63) is 69.5 Å². The Morgan fingerprint density at radius 3 is 2.55 bits per heavy atom. The lowest BCUT2D eigenvalue weighted by Gasteiger charge is -2.07. The van der Waals surface area contributed by atoms with Crippen LogP contribution in [0.3, 0.4) is 0 Å². The number of benzene rings is 2. The van der Waals surface area contributed by atoms with Gasteiger partial charge in [0.2, 0.25) is 0 Å². The Morgan fingerprint density at radius 1 is 1.25 bits per heavy atom. The quantitative estimate of drug-likeness (QED) is 0.632. The van der Waals surface area contributed by atoms with Crippen LogP contribution >= 0.6 is 0 Å². The molecular formula is C14H9FN2O3. The second kappa shape index (κ2) is 5.80. The normalized spacial score (nSPS) is 9.80. The number of rotatable bonds is 4. The average Bonchev–Trinajstić information content (AvgIpc) is 2.45. The van der Waals surface area contributed by atoms with Gasteiger partial charge in [-0.2, -0.15) is 5.26 Å². The molecule has 0 atom stereocenters. The topological polar surface area (TPSA) is 76.2 Å². The SMILES string of the molecule is N#Cc1ccc(F)cc1COc1ccc([N+](=O)[O-])cc1. The highest BCUT2D eigenvalue weighted by atomic mass is 19.1. The van der Waals surface area contributed by atoms with Crippen molar-refractivity contribution in [3.63, 3.8) is 0 Å². The Labute approximate surface area is 114 Å². The van der Waals surface area contributed by atoms with Crippen LogP contribution in [0.4, 0.5) is 10.1 Å². The highest BCUT2D eigenvalue weighted by Gasteiger charge is 2.07. The average molecular weight is 272 g/mol. The maximum absolute atomic E-state index is 13.1. The zero-order chi connectivity index (χ0) is 14.5. The van der Waals surface area contributed by atoms with Crippen molar-refractivity contribution in [2.75, 3.05) is 0 Å². The number of nitrogens with zero attached hydrogens (tertiary/aromatic N) is 2. The number of ether oxygens (including phenoxy) is 1. The van der Waals surface area contributed by atoms with Gasteiger partial charge >= 0.3 is 0 Å². The third kappa shape index (κ3) is 3.09. The minimum absolute atomic E-state index is 0.0124. The summed E-state index contributed by atoms with van der Waals surface area (Å²) in [6.45, 7) is 0.0124. The first kappa shape index (κ1) is 13.5. The third-order valence-electron chi connectivity index (χ3n) is 2.63. The van der Waals surface area contributed by atoms with Crippen LogP contribution in [0.2, 0.25) is 0 Å². The standard InChI is InChI=1S/C14H9FN2O3/c15-12-2-1-10(8-16)11(7-12)9-20-14-5-3-13(4-6-14)17(18)19/h1-7H,9H2. The smallest absolute Gasteiger partial charge is 0.269 e. The molecule has 20 heavy (non-hydrogen) atoms. The number of hydrogen-bond donors (Lipinski definition) is 0. The van der Waals surface area contributed by atoms with Gasteiger partial charge in [0.15, 0.2) is 0 Å². The molecular weight excluding hydrogens is 263 g/mol. The van der Waals surface area contributed by atoms with Gasteiger partial charge in [-0.1, -0.05) is 0 Å². The van der Waals surface area contributed by atoms with Crippen LogP contribution in [-0.4, -0.2) is 4.92 Å². The van der Waals surface area contributed by atoms with E-state index in [4.69, 9.17) is 10.00 Å². The van der Waals surface area contributed by atoms with Gasteiger partial charge in [0, 0.05) is 17.7 Å². The fourth-order valence-corrected chi connectivity index (χ4v) is 1.62. The van der Waals surface area contributed by atoms with Gasteiger partial charge in [-0.15, -0.1) is 0 Å². The first-order valence-corrected chi connectivity index (χ1v) is 5.66. The van der Waals surface area contributed by atoms with E-state index in [1.807, 2.05) is 6.07 Å². The molecule has 2 rings (SSSR count). The van der Waals surface area contributed by atoms with Gasteiger partial charge in [-0.25, -0.2) is 4.39 Å². The molecule has 0 saturated heterocycles. The molecule has 0 spiro atoms. The number of non-ortho nitro benzene ring substituents is 1. The summed E-state index contributed by atoms with van der Waals surface area (Å²) in [5.41, 5.74) is 0.708. The zero-order valence-corrected chi connectivity index (χ0v) is 10.2. The van der Waals surface area contributed by atoms with Gasteiger partial charge in [-0.3, -0.25) is 10.1 Å². The van der Waals surface area contributed by atoms with Gasteiger partial charge in [0.25, 0.3) is 5.69 Å². The van der Waals surface area contributed by atoms with Crippen molar-refractivity contribution in [1.29, 1.82) is 5.26 Å². The Kier molecular flexibility index (Phi) is 3.91. The minimum Gasteiger partial charge on any atom is -0.489 e. The third-order valence-corrected chi connectivity index (χ3v) is 2.63. The van der Waals surface area contributed by atoms with Crippen molar-refractivity contribution >= 4 is 5.69 Å². The molecule has 0 aliphatic carbocycles. The van der Waals surface area contributed by atoms with Crippen LogP contribution in [0.1, 0.15) is 11.1 Å². The molecule has 0 aliphatic rings. The van der Waals surface area contributed by atoms with E-state index in [9.17, 15) is 14.5 Å². The molecule has 0 aliphatic heterocycles. The second-order valence-corrected chi connectivity index (χ2v) is 3.95. The molecule has 100 valence electrons. The van der Waals surface area contributed by atoms with Crippen molar-refractivity contribution in [2.24, 2.45) is 0 Å². The molecule has 0 saturated carbocycles. The Bertz CT molecular complexity index is 678. The fraction of sp³-hybridized carbons (Fsp3) is 0.0714. The number of halogens is 1. The molecule has 5 nitrogen and oxygen atoms in total. The molecule has 0 amide bonds. The van der Waals surface area contributed by atoms with E-state index in [-0.39, 0.29) is 12.3 Å². The minimum atomic E-state index is -0.510. The number of nitriles is 1. The van der Waals surface area contributed by atoms with E-state index in [0.717, 1.165) is 0 Å². The van der Waals surface area contributed by atoms with E-state index in [0.29, 0.717) is 16.9 Å². The molecule has 0 unspecified atom stereocenters. The predicted octanol–water partition coefficient (Wildman–Crippen LogP) is 3.18. The molecule has 2 aromatic carbocycles. The number of nitro groups is 1. The maximum Gasteiger partial charge on any atom is 0.269 e. The van der Waals surface area contributed by atoms with Crippen molar-refractivity contribution in [1.82, 2.24) is 0 Å². The second-order valence-electron chi connectivity index (χ2n) is 3.95. The van der Waals surface area contributed by atoms with Crippen molar-refractivity contribution < 1.29 is 14.1 Å². The van der Waals surface area contributed by atoms with E-state index in [2.05, 4.69) is 0 Å². The monoisotopic (exact) mass is 272 g/mol. The van der Waals surface area contributed by atoms with Crippen LogP contribution in [0, 0.1) is 27.3 Å². The molecule has 2 aromatic rings. The van der Waals surface area contributed by atoms with Crippen molar-refractivity contribution in [3.8, 4) is 11.8 Å². The molecule has 0 aromatic heterocycles. The van der Waals surface area contributed by atoms with Gasteiger partial charge < -0.3 is 4.74 Å². The lowest BCUT2D eigenvalue weighted by molar-refractivity contribution is -0.384. The van der Waals surface area contributed by atoms with Gasteiger partial charge in [-0.05, 0) is 30.3 Å². The summed E-state index contributed by atoms with van der Waals surface area (Å²) in [7, 11) is 0. The first-order chi connectivity index (χ1) is 9.60. The highest BCUT2D eigenvalue weighted by molar-refractivity contribution is 5.39. The summed E-state index contributed by atoms with van der Waals surface area (Å²) in [5.74, 6) is -0.0462. The Morgan fingerprint density at radius 2 is 1.95 bits per heavy atom. The molecule has 0 radical (unpaired) electrons. The molecule has 0 heterocycles. The predicted molar refractivity (Wildman–Crippen MR) is 68.5 cm³/mol. The van der Waals surface area contributed by atoms with Crippen LogP contribution in [0.25, 0.3) is 0 Å². The largest absolute Gasteiger partial charge is 0.489 e. The molecule has 6 heteroatoms. The first-order valence-electron chi connectivity index (χ1n) is 5.66. The van der Waals surface area contributed by atoms with Gasteiger partial charge in [0.1, 0.15) is 18.2 Å². The van der Waals surface area contributed by atoms with Crippen LogP contribution < -0.4 is 4.74 Å². The molecule has 0 N–H and O–H groups in total. The summed E-state index contributed by atoms with van der Waals surface area (Å²) in [6, 6.07) is 11.3. The summed E-state index contributed by atoms with van der Waals surface area (Å²) in [5, 5.41) is 19.4. The molecule has 0 fully saturated rings. The maximum atomic E-state index is 13.1. The zero-order valence-electron chi connectivity index (χ0n) is 10.2. The lowest BCUT2D eigenvalue weighted by Crippen LogP contribution is -1.99. The van der Waals surface area contributed by atoms with E-state index >= 15 is 0 Å². The summed E-state index contributed by atoms with van der Waals surface area (Å²) < 4.78 is 18.5. The lowest BCUT2D eigenvalue weighted by atomic mass is 10.1. The fourth-order valence-electron chi connectivity index (χ4n) is 1.62. The van der Waals surface area contributed by atoms with E-state index in [1.54, 1.807) is 0 Å². The summed E-state index contributed by atoms with van der Waals surface area (Å²) in [6.07, 6.45) is 0. The summed E-state index contributed by atoms with van der Waals surface area (Å²) in [4.78, 5) is 9.99. The van der Waals surface area contributed by atoms with Crippen LogP contribution in [-0.2, 0) is 6.61 Å². The van der Waals surface area contributed by atoms with Gasteiger partial charge in [0.05, 0.1) is 16.6 Å². The molecule has 0 bridgehead atoms. The van der Waals surface area contributed by atoms with E-state index < -0.39 is 10.7 Å².